The van der Waals surface area contributed by atoms with E-state index < -0.39 is 5.41 Å². The highest BCUT2D eigenvalue weighted by molar-refractivity contribution is 9.11. The first-order chi connectivity index (χ1) is 18.2. The molecule has 0 aliphatic heterocycles. The maximum Gasteiger partial charge on any atom is 0.105 e. The van der Waals surface area contributed by atoms with E-state index in [2.05, 4.69) is 129 Å². The lowest BCUT2D eigenvalue weighted by molar-refractivity contribution is 0.775. The molecular formula is C33H18Br2N2. The molecule has 4 heteroatoms. The Bertz CT molecular complexity index is 1790. The molecule has 0 saturated heterocycles. The Hall–Kier alpha value is -3.60. The predicted molar refractivity (Wildman–Crippen MR) is 157 cm³/mol. The zero-order chi connectivity index (χ0) is 24.7. The maximum absolute atomic E-state index is 5.30. The molecule has 0 unspecified atom stereocenters. The molecule has 1 aromatic heterocycles. The van der Waals surface area contributed by atoms with Crippen LogP contribution in [0.5, 0.6) is 0 Å². The molecule has 0 saturated carbocycles. The molecule has 2 aliphatic carbocycles. The highest BCUT2D eigenvalue weighted by atomic mass is 79.9. The van der Waals surface area contributed by atoms with Gasteiger partial charge in [-0.05, 0) is 77.4 Å². The van der Waals surface area contributed by atoms with Gasteiger partial charge in [-0.25, -0.2) is 9.97 Å². The number of nitrogens with zero attached hydrogens (tertiary/aromatic N) is 2. The van der Waals surface area contributed by atoms with Crippen molar-refractivity contribution >= 4 is 42.9 Å². The van der Waals surface area contributed by atoms with Crippen LogP contribution in [0.25, 0.3) is 44.7 Å². The standard InChI is InChI=1S/C33H18Br2N2/c34-27-17-18-28(35)32-31(27)36-29-21-11-3-7-15-25(21)33(26-16-8-4-12-22(26)30(29)37-32)23-13-5-1-9-19(23)20-10-2-6-14-24(20)33/h1-18H. The molecule has 6 aromatic rings. The number of fused-ring (bicyclic) bond motifs is 13. The van der Waals surface area contributed by atoms with Crippen LogP contribution >= 0.6 is 31.9 Å². The Balaban J connectivity index is 1.64. The van der Waals surface area contributed by atoms with Crippen LogP contribution in [0.15, 0.2) is 118 Å². The van der Waals surface area contributed by atoms with Gasteiger partial charge in [-0.15, -0.1) is 0 Å². The van der Waals surface area contributed by atoms with E-state index in [1.807, 2.05) is 12.1 Å². The SMILES string of the molecule is Brc1ccc(Br)c2nc3c(nc12)-c1ccccc1C1(c2ccccc2-c2ccccc21)c1ccccc1-3. The molecule has 2 nitrogen and oxygen atoms in total. The molecule has 0 N–H and O–H groups in total. The fourth-order valence-corrected chi connectivity index (χ4v) is 7.26. The molecule has 2 aliphatic rings. The molecule has 8 rings (SSSR count). The quantitative estimate of drug-likeness (QED) is 0.173. The molecule has 5 aromatic carbocycles. The maximum atomic E-state index is 5.30. The number of aromatic nitrogens is 2. The Labute approximate surface area is 231 Å². The summed E-state index contributed by atoms with van der Waals surface area (Å²) in [6.45, 7) is 0. The van der Waals surface area contributed by atoms with Crippen LogP contribution in [-0.2, 0) is 5.41 Å². The number of halogens is 2. The minimum atomic E-state index is -0.483. The van der Waals surface area contributed by atoms with E-state index in [1.54, 1.807) is 0 Å². The minimum absolute atomic E-state index is 0.483. The van der Waals surface area contributed by atoms with E-state index in [9.17, 15) is 0 Å². The molecule has 1 spiro atoms. The summed E-state index contributed by atoms with van der Waals surface area (Å²) >= 11 is 7.46. The summed E-state index contributed by atoms with van der Waals surface area (Å²) in [5.41, 5.74) is 12.9. The van der Waals surface area contributed by atoms with Gasteiger partial charge in [0.25, 0.3) is 0 Å². The predicted octanol–water partition coefficient (Wildman–Crippen LogP) is 9.17. The fraction of sp³-hybridized carbons (Fsp3) is 0.0303. The van der Waals surface area contributed by atoms with Gasteiger partial charge >= 0.3 is 0 Å². The molecule has 0 amide bonds. The third-order valence-corrected chi connectivity index (χ3v) is 9.13. The van der Waals surface area contributed by atoms with Crippen LogP contribution < -0.4 is 0 Å². The monoisotopic (exact) mass is 600 g/mol. The lowest BCUT2D eigenvalue weighted by Crippen LogP contribution is -2.29. The first-order valence-corrected chi connectivity index (χ1v) is 13.8. The zero-order valence-electron chi connectivity index (χ0n) is 19.5. The van der Waals surface area contributed by atoms with E-state index in [0.717, 1.165) is 42.5 Å². The van der Waals surface area contributed by atoms with E-state index >= 15 is 0 Å². The van der Waals surface area contributed by atoms with Crippen LogP contribution in [0.1, 0.15) is 22.3 Å². The van der Waals surface area contributed by atoms with Gasteiger partial charge in [0.1, 0.15) is 11.0 Å². The Morgan fingerprint density at radius 3 is 1.14 bits per heavy atom. The largest absolute Gasteiger partial charge is 0.243 e. The van der Waals surface area contributed by atoms with Gasteiger partial charge in [0.2, 0.25) is 0 Å². The van der Waals surface area contributed by atoms with Crippen molar-refractivity contribution < 1.29 is 0 Å². The lowest BCUT2D eigenvalue weighted by atomic mass is 9.66. The summed E-state index contributed by atoms with van der Waals surface area (Å²) in [7, 11) is 0. The topological polar surface area (TPSA) is 25.8 Å². The average Bonchev–Trinajstić information content (AvgIpc) is 3.20. The van der Waals surface area contributed by atoms with Crippen LogP contribution in [-0.4, -0.2) is 9.97 Å². The van der Waals surface area contributed by atoms with Gasteiger partial charge < -0.3 is 0 Å². The highest BCUT2D eigenvalue weighted by Gasteiger charge is 2.49. The molecule has 0 bridgehead atoms. The molecule has 0 radical (unpaired) electrons. The summed E-state index contributed by atoms with van der Waals surface area (Å²) in [5.74, 6) is 0. The van der Waals surface area contributed by atoms with Crippen LogP contribution in [0, 0.1) is 0 Å². The van der Waals surface area contributed by atoms with Crippen molar-refractivity contribution in [3.63, 3.8) is 0 Å². The number of hydrogen-bond donors (Lipinski definition) is 0. The average molecular weight is 602 g/mol. The van der Waals surface area contributed by atoms with Crippen molar-refractivity contribution in [1.82, 2.24) is 9.97 Å². The Kier molecular flexibility index (Phi) is 4.47. The molecule has 1 heterocycles. The number of hydrogen-bond acceptors (Lipinski definition) is 2. The zero-order valence-corrected chi connectivity index (χ0v) is 22.7. The smallest absolute Gasteiger partial charge is 0.105 e. The molecule has 0 fully saturated rings. The van der Waals surface area contributed by atoms with Crippen molar-refractivity contribution in [2.24, 2.45) is 0 Å². The summed E-state index contributed by atoms with van der Waals surface area (Å²) in [6, 6.07) is 39.3. The van der Waals surface area contributed by atoms with Crippen molar-refractivity contribution in [3.05, 3.63) is 140 Å². The minimum Gasteiger partial charge on any atom is -0.243 e. The van der Waals surface area contributed by atoms with Gasteiger partial charge in [-0.2, -0.15) is 0 Å². The van der Waals surface area contributed by atoms with E-state index in [1.165, 1.54) is 33.4 Å². The first-order valence-electron chi connectivity index (χ1n) is 12.2. The van der Waals surface area contributed by atoms with Crippen LogP contribution in [0.2, 0.25) is 0 Å². The van der Waals surface area contributed by atoms with Gasteiger partial charge in [0.15, 0.2) is 0 Å². The number of benzene rings is 5. The fourth-order valence-electron chi connectivity index (χ4n) is 6.44. The van der Waals surface area contributed by atoms with Crippen LogP contribution in [0.4, 0.5) is 0 Å². The summed E-state index contributed by atoms with van der Waals surface area (Å²) < 4.78 is 1.87. The Morgan fingerprint density at radius 1 is 0.405 bits per heavy atom. The van der Waals surface area contributed by atoms with E-state index in [0.29, 0.717) is 0 Å². The van der Waals surface area contributed by atoms with E-state index in [4.69, 9.17) is 9.97 Å². The van der Waals surface area contributed by atoms with E-state index in [-0.39, 0.29) is 0 Å². The molecular weight excluding hydrogens is 584 g/mol. The second-order valence-electron chi connectivity index (χ2n) is 9.58. The van der Waals surface area contributed by atoms with Crippen molar-refractivity contribution in [2.45, 2.75) is 5.41 Å². The van der Waals surface area contributed by atoms with Gasteiger partial charge in [-0.1, -0.05) is 97.1 Å². The molecule has 174 valence electrons. The second-order valence-corrected chi connectivity index (χ2v) is 11.3. The van der Waals surface area contributed by atoms with Crippen molar-refractivity contribution in [3.8, 4) is 33.6 Å². The number of rotatable bonds is 0. The van der Waals surface area contributed by atoms with Crippen LogP contribution in [0.3, 0.4) is 0 Å². The highest BCUT2D eigenvalue weighted by Crippen LogP contribution is 2.60. The second kappa shape index (κ2) is 7.70. The summed E-state index contributed by atoms with van der Waals surface area (Å²) in [5, 5.41) is 0. The third kappa shape index (κ3) is 2.70. The van der Waals surface area contributed by atoms with Gasteiger partial charge in [0.05, 0.1) is 16.8 Å². The van der Waals surface area contributed by atoms with Crippen molar-refractivity contribution in [1.29, 1.82) is 0 Å². The lowest BCUT2D eigenvalue weighted by Gasteiger charge is -2.35. The Morgan fingerprint density at radius 2 is 0.730 bits per heavy atom. The molecule has 37 heavy (non-hydrogen) atoms. The summed E-state index contributed by atoms with van der Waals surface area (Å²) in [4.78, 5) is 10.6. The van der Waals surface area contributed by atoms with Gasteiger partial charge in [-0.3, -0.25) is 0 Å². The first kappa shape index (κ1) is 21.5. The third-order valence-electron chi connectivity index (χ3n) is 7.85. The van der Waals surface area contributed by atoms with Gasteiger partial charge in [0, 0.05) is 20.1 Å². The summed E-state index contributed by atoms with van der Waals surface area (Å²) in [6.07, 6.45) is 0. The normalized spacial score (nSPS) is 13.9. The van der Waals surface area contributed by atoms with Crippen molar-refractivity contribution in [2.75, 3.05) is 0 Å². The molecule has 0 atom stereocenters.